The van der Waals surface area contributed by atoms with E-state index in [-0.39, 0.29) is 13.2 Å². The summed E-state index contributed by atoms with van der Waals surface area (Å²) in [6.45, 7) is 0.352. The van der Waals surface area contributed by atoms with E-state index in [4.69, 9.17) is 4.74 Å². The number of esters is 1. The molecule has 6 heteroatoms. The molecule has 1 amide bonds. The fraction of sp³-hybridized carbons (Fsp3) is 0.333. The lowest BCUT2D eigenvalue weighted by Crippen LogP contribution is -2.62. The van der Waals surface area contributed by atoms with Gasteiger partial charge in [0.1, 0.15) is 13.2 Å². The molecule has 98 valence electrons. The predicted molar refractivity (Wildman–Crippen MR) is 63.3 cm³/mol. The Balaban J connectivity index is 2.39. The van der Waals surface area contributed by atoms with Gasteiger partial charge in [-0.05, 0) is 5.56 Å². The SMILES string of the molecule is COC(=O)[C@H](C[NH3+])NC(=O)OCc1ccccc1. The molecule has 0 heterocycles. The second-order valence-electron chi connectivity index (χ2n) is 3.57. The van der Waals surface area contributed by atoms with Crippen molar-refractivity contribution in [2.75, 3.05) is 13.7 Å². The van der Waals surface area contributed by atoms with Gasteiger partial charge in [-0.15, -0.1) is 0 Å². The fourth-order valence-electron chi connectivity index (χ4n) is 1.30. The number of amides is 1. The second-order valence-corrected chi connectivity index (χ2v) is 3.57. The van der Waals surface area contributed by atoms with Gasteiger partial charge in [-0.3, -0.25) is 0 Å². The average Bonchev–Trinajstić information content (AvgIpc) is 2.42. The number of methoxy groups -OCH3 is 1. The highest BCUT2D eigenvalue weighted by molar-refractivity contribution is 5.81. The normalized spacial score (nSPS) is 11.4. The van der Waals surface area contributed by atoms with Crippen LogP contribution >= 0.6 is 0 Å². The zero-order chi connectivity index (χ0) is 13.4. The van der Waals surface area contributed by atoms with E-state index in [2.05, 4.69) is 15.8 Å². The first kappa shape index (κ1) is 14.0. The third kappa shape index (κ3) is 4.42. The van der Waals surface area contributed by atoms with Gasteiger partial charge in [0.05, 0.1) is 7.11 Å². The molecule has 0 bridgehead atoms. The summed E-state index contributed by atoms with van der Waals surface area (Å²) in [5, 5.41) is 2.39. The number of hydrogen-bond acceptors (Lipinski definition) is 4. The molecule has 0 aliphatic rings. The number of hydrogen-bond donors (Lipinski definition) is 2. The van der Waals surface area contributed by atoms with E-state index in [9.17, 15) is 9.59 Å². The lowest BCUT2D eigenvalue weighted by atomic mass is 10.2. The molecule has 1 aromatic carbocycles. The Morgan fingerprint density at radius 3 is 2.56 bits per heavy atom. The molecular weight excluding hydrogens is 236 g/mol. The zero-order valence-corrected chi connectivity index (χ0v) is 10.2. The largest absolute Gasteiger partial charge is 0.467 e. The molecule has 0 aliphatic heterocycles. The van der Waals surface area contributed by atoms with Crippen molar-refractivity contribution in [1.82, 2.24) is 5.32 Å². The number of benzene rings is 1. The number of quaternary nitrogens is 1. The molecule has 0 saturated heterocycles. The highest BCUT2D eigenvalue weighted by atomic mass is 16.6. The molecule has 0 aliphatic carbocycles. The van der Waals surface area contributed by atoms with Crippen molar-refractivity contribution >= 4 is 12.1 Å². The molecule has 6 nitrogen and oxygen atoms in total. The van der Waals surface area contributed by atoms with Crippen LogP contribution in [0.25, 0.3) is 0 Å². The molecule has 4 N–H and O–H groups in total. The quantitative estimate of drug-likeness (QED) is 0.704. The minimum absolute atomic E-state index is 0.151. The Hall–Kier alpha value is -2.08. The van der Waals surface area contributed by atoms with Crippen LogP contribution in [0.2, 0.25) is 0 Å². The van der Waals surface area contributed by atoms with Gasteiger partial charge in [0, 0.05) is 0 Å². The minimum atomic E-state index is -0.779. The van der Waals surface area contributed by atoms with Gasteiger partial charge in [0.2, 0.25) is 0 Å². The van der Waals surface area contributed by atoms with Gasteiger partial charge >= 0.3 is 12.1 Å². The Labute approximate surface area is 105 Å². The maximum Gasteiger partial charge on any atom is 0.408 e. The molecule has 18 heavy (non-hydrogen) atoms. The monoisotopic (exact) mass is 253 g/mol. The first-order valence-corrected chi connectivity index (χ1v) is 5.51. The average molecular weight is 253 g/mol. The van der Waals surface area contributed by atoms with Crippen LogP contribution in [-0.4, -0.2) is 31.8 Å². The summed E-state index contributed by atoms with van der Waals surface area (Å²) in [4.78, 5) is 22.7. The van der Waals surface area contributed by atoms with Crippen molar-refractivity contribution < 1.29 is 24.8 Å². The highest BCUT2D eigenvalue weighted by Gasteiger charge is 2.22. The number of alkyl carbamates (subject to hydrolysis) is 1. The van der Waals surface area contributed by atoms with E-state index in [1.807, 2.05) is 30.3 Å². The lowest BCUT2D eigenvalue weighted by Gasteiger charge is -2.12. The molecule has 1 atom stereocenters. The van der Waals surface area contributed by atoms with E-state index in [0.717, 1.165) is 5.56 Å². The summed E-state index contributed by atoms with van der Waals surface area (Å²) in [5.41, 5.74) is 4.43. The molecular formula is C12H17N2O4+. The summed E-state index contributed by atoms with van der Waals surface area (Å²) in [6.07, 6.45) is -0.669. The first-order chi connectivity index (χ1) is 8.67. The van der Waals surface area contributed by atoms with Crippen molar-refractivity contribution in [3.05, 3.63) is 35.9 Å². The molecule has 0 aromatic heterocycles. The van der Waals surface area contributed by atoms with Gasteiger partial charge < -0.3 is 20.5 Å². The number of nitrogens with one attached hydrogen (secondary N) is 1. The Morgan fingerprint density at radius 1 is 1.33 bits per heavy atom. The molecule has 1 rings (SSSR count). The number of ether oxygens (including phenoxy) is 2. The van der Waals surface area contributed by atoms with Crippen molar-refractivity contribution in [2.45, 2.75) is 12.6 Å². The van der Waals surface area contributed by atoms with E-state index in [0.29, 0.717) is 0 Å². The van der Waals surface area contributed by atoms with Crippen molar-refractivity contribution in [1.29, 1.82) is 0 Å². The van der Waals surface area contributed by atoms with Crippen LogP contribution in [0, 0.1) is 0 Å². The Bertz CT molecular complexity index is 394. The number of carbonyl (C=O) groups excluding carboxylic acids is 2. The molecule has 0 saturated carbocycles. The molecule has 1 aromatic rings. The van der Waals surface area contributed by atoms with Gasteiger partial charge in [-0.2, -0.15) is 0 Å². The summed E-state index contributed by atoms with van der Waals surface area (Å²) >= 11 is 0. The third-order valence-electron chi connectivity index (χ3n) is 2.28. The summed E-state index contributed by atoms with van der Waals surface area (Å²) in [7, 11) is 1.25. The Kier molecular flexibility index (Phi) is 5.66. The van der Waals surface area contributed by atoms with Crippen LogP contribution in [0.15, 0.2) is 30.3 Å². The van der Waals surface area contributed by atoms with Gasteiger partial charge in [-0.1, -0.05) is 30.3 Å². The molecule has 0 unspecified atom stereocenters. The third-order valence-corrected chi connectivity index (χ3v) is 2.28. The molecule has 0 fully saturated rings. The summed E-state index contributed by atoms with van der Waals surface area (Å²) in [6, 6.07) is 8.48. The van der Waals surface area contributed by atoms with Gasteiger partial charge in [0.25, 0.3) is 0 Å². The summed E-state index contributed by atoms with van der Waals surface area (Å²) < 4.78 is 9.49. The smallest absolute Gasteiger partial charge is 0.408 e. The number of carbonyl (C=O) groups is 2. The maximum atomic E-state index is 11.4. The molecule has 0 spiro atoms. The fourth-order valence-corrected chi connectivity index (χ4v) is 1.30. The van der Waals surface area contributed by atoms with E-state index in [1.165, 1.54) is 7.11 Å². The summed E-state index contributed by atoms with van der Waals surface area (Å²) in [5.74, 6) is -0.540. The van der Waals surface area contributed by atoms with E-state index in [1.54, 1.807) is 0 Å². The highest BCUT2D eigenvalue weighted by Crippen LogP contribution is 2.00. The van der Waals surface area contributed by atoms with Crippen LogP contribution in [0.1, 0.15) is 5.56 Å². The van der Waals surface area contributed by atoms with Gasteiger partial charge in [0.15, 0.2) is 6.04 Å². The maximum absolute atomic E-state index is 11.4. The lowest BCUT2D eigenvalue weighted by molar-refractivity contribution is -0.370. The van der Waals surface area contributed by atoms with E-state index < -0.39 is 18.1 Å². The van der Waals surface area contributed by atoms with Gasteiger partial charge in [-0.25, -0.2) is 9.59 Å². The van der Waals surface area contributed by atoms with Crippen molar-refractivity contribution in [3.63, 3.8) is 0 Å². The van der Waals surface area contributed by atoms with Crippen LogP contribution in [0.4, 0.5) is 4.79 Å². The van der Waals surface area contributed by atoms with Crippen LogP contribution < -0.4 is 11.1 Å². The standard InChI is InChI=1S/C12H16N2O4/c1-17-11(15)10(7-13)14-12(16)18-8-9-5-3-2-4-6-9/h2-6,10H,7-8,13H2,1H3,(H,14,16)/p+1/t10-/m0/s1. The zero-order valence-electron chi connectivity index (χ0n) is 10.2. The van der Waals surface area contributed by atoms with Crippen LogP contribution in [0.5, 0.6) is 0 Å². The predicted octanol–water partition coefficient (Wildman–Crippen LogP) is -0.304. The van der Waals surface area contributed by atoms with Crippen LogP contribution in [0.3, 0.4) is 0 Å². The van der Waals surface area contributed by atoms with Crippen molar-refractivity contribution in [2.24, 2.45) is 0 Å². The second kappa shape index (κ2) is 7.29. The molecule has 0 radical (unpaired) electrons. The number of rotatable bonds is 5. The topological polar surface area (TPSA) is 92.3 Å². The minimum Gasteiger partial charge on any atom is -0.467 e. The first-order valence-electron chi connectivity index (χ1n) is 5.51. The van der Waals surface area contributed by atoms with E-state index >= 15 is 0 Å². The van der Waals surface area contributed by atoms with Crippen LogP contribution in [-0.2, 0) is 20.9 Å². The van der Waals surface area contributed by atoms with Crippen molar-refractivity contribution in [3.8, 4) is 0 Å². The Morgan fingerprint density at radius 2 is 2.00 bits per heavy atom.